The summed E-state index contributed by atoms with van der Waals surface area (Å²) in [5.41, 5.74) is 0.876. The van der Waals surface area contributed by atoms with Crippen molar-refractivity contribution in [3.8, 4) is 0 Å². The van der Waals surface area contributed by atoms with Gasteiger partial charge in [0.2, 0.25) is 0 Å². The van der Waals surface area contributed by atoms with Gasteiger partial charge in [-0.1, -0.05) is 31.6 Å². The molecule has 0 aliphatic rings. The highest BCUT2D eigenvalue weighted by molar-refractivity contribution is 5.73. The standard InChI is InChI=1S/C9H14O/c1-3-5-7-9(8-10)6-4-2/h3,5,7-8H,4,6H2,1-2H3/b5-3+,9-7-. The smallest absolute Gasteiger partial charge is 0.146 e. The third-order valence-corrected chi connectivity index (χ3v) is 1.19. The van der Waals surface area contributed by atoms with Crippen LogP contribution in [0.3, 0.4) is 0 Å². The highest BCUT2D eigenvalue weighted by Gasteiger charge is 1.88. The van der Waals surface area contributed by atoms with Gasteiger partial charge in [0.25, 0.3) is 0 Å². The van der Waals surface area contributed by atoms with Gasteiger partial charge in [-0.3, -0.25) is 4.79 Å². The number of allylic oxidation sites excluding steroid dienone is 4. The molecule has 0 aromatic heterocycles. The van der Waals surface area contributed by atoms with Crippen molar-refractivity contribution in [3.05, 3.63) is 23.8 Å². The molecule has 0 aliphatic carbocycles. The third-order valence-electron chi connectivity index (χ3n) is 1.19. The van der Waals surface area contributed by atoms with Gasteiger partial charge in [-0.05, 0) is 18.9 Å². The van der Waals surface area contributed by atoms with Crippen LogP contribution in [-0.2, 0) is 4.79 Å². The third kappa shape index (κ3) is 4.07. The molecule has 0 atom stereocenters. The van der Waals surface area contributed by atoms with Crippen molar-refractivity contribution in [2.24, 2.45) is 0 Å². The maximum Gasteiger partial charge on any atom is 0.146 e. The molecule has 0 spiro atoms. The lowest BCUT2D eigenvalue weighted by Crippen LogP contribution is -1.81. The molecule has 0 rings (SSSR count). The Bertz CT molecular complexity index is 143. The normalized spacial score (nSPS) is 12.4. The van der Waals surface area contributed by atoms with Crippen LogP contribution >= 0.6 is 0 Å². The van der Waals surface area contributed by atoms with Crippen LogP contribution in [-0.4, -0.2) is 6.29 Å². The summed E-state index contributed by atoms with van der Waals surface area (Å²) >= 11 is 0. The minimum absolute atomic E-state index is 0.876. The Hall–Kier alpha value is -0.850. The van der Waals surface area contributed by atoms with Crippen molar-refractivity contribution in [3.63, 3.8) is 0 Å². The van der Waals surface area contributed by atoms with Crippen molar-refractivity contribution < 1.29 is 4.79 Å². The summed E-state index contributed by atoms with van der Waals surface area (Å²) in [4.78, 5) is 10.3. The molecule has 0 saturated carbocycles. The molecule has 0 N–H and O–H groups in total. The van der Waals surface area contributed by atoms with Gasteiger partial charge < -0.3 is 0 Å². The average Bonchev–Trinajstić information content (AvgIpc) is 1.98. The van der Waals surface area contributed by atoms with Gasteiger partial charge in [-0.2, -0.15) is 0 Å². The van der Waals surface area contributed by atoms with Gasteiger partial charge in [0.1, 0.15) is 6.29 Å². The zero-order chi connectivity index (χ0) is 7.82. The largest absolute Gasteiger partial charge is 0.298 e. The van der Waals surface area contributed by atoms with Crippen LogP contribution in [0.5, 0.6) is 0 Å². The monoisotopic (exact) mass is 138 g/mol. The molecule has 0 amide bonds. The van der Waals surface area contributed by atoms with E-state index in [2.05, 4.69) is 6.92 Å². The molecule has 0 unspecified atom stereocenters. The molecule has 1 heteroatoms. The van der Waals surface area contributed by atoms with E-state index in [1.54, 1.807) is 0 Å². The summed E-state index contributed by atoms with van der Waals surface area (Å²) in [6.45, 7) is 4.00. The molecule has 0 aromatic carbocycles. The minimum atomic E-state index is 0.876. The molecule has 10 heavy (non-hydrogen) atoms. The summed E-state index contributed by atoms with van der Waals surface area (Å²) < 4.78 is 0. The second-order valence-electron chi connectivity index (χ2n) is 2.14. The van der Waals surface area contributed by atoms with Crippen LogP contribution in [0.4, 0.5) is 0 Å². The first-order valence-corrected chi connectivity index (χ1v) is 3.62. The van der Waals surface area contributed by atoms with Gasteiger partial charge in [-0.15, -0.1) is 0 Å². The zero-order valence-corrected chi connectivity index (χ0v) is 6.63. The van der Waals surface area contributed by atoms with Crippen LogP contribution in [0, 0.1) is 0 Å². The zero-order valence-electron chi connectivity index (χ0n) is 6.63. The van der Waals surface area contributed by atoms with Gasteiger partial charge in [-0.25, -0.2) is 0 Å². The summed E-state index contributed by atoms with van der Waals surface area (Å²) in [7, 11) is 0. The second-order valence-corrected chi connectivity index (χ2v) is 2.14. The average molecular weight is 138 g/mol. The highest BCUT2D eigenvalue weighted by atomic mass is 16.1. The Balaban J connectivity index is 3.90. The maximum absolute atomic E-state index is 10.3. The van der Waals surface area contributed by atoms with Gasteiger partial charge in [0.05, 0.1) is 0 Å². The quantitative estimate of drug-likeness (QED) is 0.331. The van der Waals surface area contributed by atoms with Gasteiger partial charge in [0, 0.05) is 0 Å². The molecular formula is C9H14O. The van der Waals surface area contributed by atoms with Crippen molar-refractivity contribution in [2.45, 2.75) is 26.7 Å². The van der Waals surface area contributed by atoms with Crippen LogP contribution in [0.2, 0.25) is 0 Å². The predicted octanol–water partition coefficient (Wildman–Crippen LogP) is 2.49. The molecule has 0 aromatic rings. The summed E-state index contributed by atoms with van der Waals surface area (Å²) in [6, 6.07) is 0. The van der Waals surface area contributed by atoms with Crippen LogP contribution < -0.4 is 0 Å². The first kappa shape index (κ1) is 9.15. The Labute approximate surface area is 62.4 Å². The Kier molecular flexibility index (Phi) is 5.74. The SMILES string of the molecule is C/C=C/C=C(\C=O)CCC. The molecule has 56 valence electrons. The number of carbonyl (C=O) groups excluding carboxylic acids is 1. The first-order valence-electron chi connectivity index (χ1n) is 3.62. The highest BCUT2D eigenvalue weighted by Crippen LogP contribution is 2.00. The van der Waals surface area contributed by atoms with Gasteiger partial charge >= 0.3 is 0 Å². The Morgan fingerprint density at radius 2 is 2.20 bits per heavy atom. The fourth-order valence-corrected chi connectivity index (χ4v) is 0.690. The van der Waals surface area contributed by atoms with E-state index in [-0.39, 0.29) is 0 Å². The van der Waals surface area contributed by atoms with Crippen molar-refractivity contribution in [2.75, 3.05) is 0 Å². The molecule has 1 nitrogen and oxygen atoms in total. The van der Waals surface area contributed by atoms with Crippen LogP contribution in [0.1, 0.15) is 26.7 Å². The van der Waals surface area contributed by atoms with Crippen LogP contribution in [0.25, 0.3) is 0 Å². The number of carbonyl (C=O) groups is 1. The molecular weight excluding hydrogens is 124 g/mol. The molecule has 0 fully saturated rings. The van der Waals surface area contributed by atoms with E-state index in [1.165, 1.54) is 0 Å². The molecule has 0 heterocycles. The summed E-state index contributed by atoms with van der Waals surface area (Å²) in [6.07, 6.45) is 8.49. The van der Waals surface area contributed by atoms with Crippen LogP contribution in [0.15, 0.2) is 23.8 Å². The second kappa shape index (κ2) is 6.27. The molecule has 0 aliphatic heterocycles. The lowest BCUT2D eigenvalue weighted by atomic mass is 10.1. The van der Waals surface area contributed by atoms with Crippen molar-refractivity contribution in [1.29, 1.82) is 0 Å². The van der Waals surface area contributed by atoms with E-state index >= 15 is 0 Å². The minimum Gasteiger partial charge on any atom is -0.298 e. The number of hydrogen-bond acceptors (Lipinski definition) is 1. The Morgan fingerprint density at radius 1 is 1.50 bits per heavy atom. The Morgan fingerprint density at radius 3 is 2.60 bits per heavy atom. The fourth-order valence-electron chi connectivity index (χ4n) is 0.690. The predicted molar refractivity (Wildman–Crippen MR) is 43.9 cm³/mol. The fraction of sp³-hybridized carbons (Fsp3) is 0.444. The van der Waals surface area contributed by atoms with E-state index in [4.69, 9.17) is 0 Å². The maximum atomic E-state index is 10.3. The van der Waals surface area contributed by atoms with Crippen molar-refractivity contribution in [1.82, 2.24) is 0 Å². The van der Waals surface area contributed by atoms with E-state index in [1.807, 2.05) is 25.2 Å². The molecule has 0 saturated heterocycles. The van der Waals surface area contributed by atoms with E-state index in [0.717, 1.165) is 24.7 Å². The van der Waals surface area contributed by atoms with E-state index in [9.17, 15) is 4.79 Å². The van der Waals surface area contributed by atoms with E-state index in [0.29, 0.717) is 0 Å². The first-order chi connectivity index (χ1) is 4.85. The lowest BCUT2D eigenvalue weighted by Gasteiger charge is -1.91. The molecule has 0 radical (unpaired) electrons. The van der Waals surface area contributed by atoms with Crippen molar-refractivity contribution >= 4 is 6.29 Å². The summed E-state index contributed by atoms with van der Waals surface area (Å²) in [5.74, 6) is 0. The summed E-state index contributed by atoms with van der Waals surface area (Å²) in [5, 5.41) is 0. The molecule has 0 bridgehead atoms. The van der Waals surface area contributed by atoms with Gasteiger partial charge in [0.15, 0.2) is 0 Å². The topological polar surface area (TPSA) is 17.1 Å². The lowest BCUT2D eigenvalue weighted by molar-refractivity contribution is -0.105. The number of aldehydes is 1. The number of hydrogen-bond donors (Lipinski definition) is 0. The number of rotatable bonds is 4. The van der Waals surface area contributed by atoms with E-state index < -0.39 is 0 Å².